The minimum absolute atomic E-state index is 0.148. The molecule has 2 aromatic carbocycles. The zero-order chi connectivity index (χ0) is 20.5. The molecule has 150 valence electrons. The third-order valence-electron chi connectivity index (χ3n) is 4.04. The topological polar surface area (TPSA) is 60.3 Å². The van der Waals surface area contributed by atoms with Crippen LogP contribution in [0.5, 0.6) is 11.5 Å². The zero-order valence-electron chi connectivity index (χ0n) is 14.5. The molecule has 11 heteroatoms. The summed E-state index contributed by atoms with van der Waals surface area (Å²) in [6.45, 7) is -0.355. The lowest BCUT2D eigenvalue weighted by Crippen LogP contribution is -2.19. The Kier molecular flexibility index (Phi) is 4.97. The highest BCUT2D eigenvalue weighted by atomic mass is 32.1. The third-order valence-corrected chi connectivity index (χ3v) is 4.24. The standard InChI is InChI=1S/C18H12F4N4O2S/c19-11-6-12(20)17(22)10(16(11)21)7-26-4-3-15(25-26)24-18(29)23-9-1-2-13-14(5-9)28-8-27-13/h1-6H,7-8H2,(H2,23,24,25,29). The van der Waals surface area contributed by atoms with Crippen molar-refractivity contribution in [3.8, 4) is 11.5 Å². The van der Waals surface area contributed by atoms with Crippen molar-refractivity contribution in [3.63, 3.8) is 0 Å². The second-order valence-electron chi connectivity index (χ2n) is 5.99. The molecule has 0 saturated heterocycles. The molecule has 6 nitrogen and oxygen atoms in total. The van der Waals surface area contributed by atoms with Crippen LogP contribution in [-0.4, -0.2) is 21.7 Å². The average Bonchev–Trinajstić information content (AvgIpc) is 3.32. The van der Waals surface area contributed by atoms with Crippen molar-refractivity contribution in [2.75, 3.05) is 17.4 Å². The van der Waals surface area contributed by atoms with E-state index in [1.165, 1.54) is 12.3 Å². The van der Waals surface area contributed by atoms with Gasteiger partial charge in [-0.15, -0.1) is 0 Å². The van der Waals surface area contributed by atoms with E-state index in [1.807, 2.05) is 0 Å². The van der Waals surface area contributed by atoms with Crippen LogP contribution < -0.4 is 20.1 Å². The van der Waals surface area contributed by atoms with Crippen molar-refractivity contribution < 1.29 is 27.0 Å². The van der Waals surface area contributed by atoms with E-state index >= 15 is 0 Å². The summed E-state index contributed by atoms with van der Waals surface area (Å²) in [5, 5.41) is 9.96. The number of benzene rings is 2. The zero-order valence-corrected chi connectivity index (χ0v) is 15.3. The molecule has 1 aliphatic heterocycles. The molecule has 0 amide bonds. The number of hydrogen-bond acceptors (Lipinski definition) is 4. The van der Waals surface area contributed by atoms with Gasteiger partial charge >= 0.3 is 0 Å². The van der Waals surface area contributed by atoms with Gasteiger partial charge in [0.1, 0.15) is 0 Å². The fourth-order valence-electron chi connectivity index (χ4n) is 2.69. The Hall–Kier alpha value is -3.34. The number of rotatable bonds is 4. The highest BCUT2D eigenvalue weighted by Gasteiger charge is 2.20. The average molecular weight is 424 g/mol. The van der Waals surface area contributed by atoms with Crippen LogP contribution in [-0.2, 0) is 6.54 Å². The van der Waals surface area contributed by atoms with Gasteiger partial charge in [0, 0.05) is 30.1 Å². The normalized spacial score (nSPS) is 12.1. The number of aromatic nitrogens is 2. The Morgan fingerprint density at radius 3 is 2.48 bits per heavy atom. The molecule has 2 N–H and O–H groups in total. The lowest BCUT2D eigenvalue weighted by atomic mass is 10.2. The molecule has 4 rings (SSSR count). The van der Waals surface area contributed by atoms with Crippen LogP contribution in [0.4, 0.5) is 29.1 Å². The number of fused-ring (bicyclic) bond motifs is 1. The van der Waals surface area contributed by atoms with E-state index in [-0.39, 0.29) is 23.8 Å². The summed E-state index contributed by atoms with van der Waals surface area (Å²) in [6.07, 6.45) is 1.38. The molecule has 0 saturated carbocycles. The number of thiocarbonyl (C=S) groups is 1. The van der Waals surface area contributed by atoms with Crippen molar-refractivity contribution in [2.24, 2.45) is 0 Å². The van der Waals surface area contributed by atoms with Gasteiger partial charge in [-0.1, -0.05) is 0 Å². The lowest BCUT2D eigenvalue weighted by Gasteiger charge is -2.09. The van der Waals surface area contributed by atoms with Gasteiger partial charge in [-0.2, -0.15) is 5.10 Å². The Bertz CT molecular complexity index is 1080. The van der Waals surface area contributed by atoms with Gasteiger partial charge in [-0.05, 0) is 24.4 Å². The van der Waals surface area contributed by atoms with Crippen LogP contribution in [0.3, 0.4) is 0 Å². The van der Waals surface area contributed by atoms with Crippen LogP contribution >= 0.6 is 12.2 Å². The third kappa shape index (κ3) is 3.94. The van der Waals surface area contributed by atoms with E-state index in [4.69, 9.17) is 21.7 Å². The second-order valence-corrected chi connectivity index (χ2v) is 6.40. The molecule has 3 aromatic rings. The first-order valence-electron chi connectivity index (χ1n) is 8.23. The number of nitrogens with one attached hydrogen (secondary N) is 2. The summed E-state index contributed by atoms with van der Waals surface area (Å²) in [5.74, 6) is -4.41. The highest BCUT2D eigenvalue weighted by molar-refractivity contribution is 7.80. The van der Waals surface area contributed by atoms with Gasteiger partial charge in [0.2, 0.25) is 6.79 Å². The van der Waals surface area contributed by atoms with Gasteiger partial charge in [-0.3, -0.25) is 4.68 Å². The largest absolute Gasteiger partial charge is 0.454 e. The van der Waals surface area contributed by atoms with Crippen LogP contribution in [0.1, 0.15) is 5.56 Å². The molecule has 29 heavy (non-hydrogen) atoms. The molecular weight excluding hydrogens is 412 g/mol. The Labute approximate surface area is 167 Å². The van der Waals surface area contributed by atoms with E-state index in [9.17, 15) is 17.6 Å². The molecule has 0 unspecified atom stereocenters. The first-order valence-corrected chi connectivity index (χ1v) is 8.64. The predicted octanol–water partition coefficient (Wildman–Crippen LogP) is 4.03. The first kappa shape index (κ1) is 19.0. The van der Waals surface area contributed by atoms with Gasteiger partial charge in [0.05, 0.1) is 12.1 Å². The predicted molar refractivity (Wildman–Crippen MR) is 100 cm³/mol. The molecule has 0 aliphatic carbocycles. The van der Waals surface area contributed by atoms with Gasteiger partial charge in [0.25, 0.3) is 0 Å². The fraction of sp³-hybridized carbons (Fsp3) is 0.111. The molecule has 0 spiro atoms. The van der Waals surface area contributed by atoms with E-state index in [2.05, 4.69) is 15.7 Å². The quantitative estimate of drug-likeness (QED) is 0.375. The van der Waals surface area contributed by atoms with Crippen molar-refractivity contribution in [2.45, 2.75) is 6.54 Å². The lowest BCUT2D eigenvalue weighted by molar-refractivity contribution is 0.174. The number of anilines is 2. The van der Waals surface area contributed by atoms with Crippen molar-refractivity contribution in [1.82, 2.24) is 9.78 Å². The summed E-state index contributed by atoms with van der Waals surface area (Å²) in [5.41, 5.74) is -0.122. The molecule has 1 aromatic heterocycles. The smallest absolute Gasteiger partial charge is 0.231 e. The van der Waals surface area contributed by atoms with E-state index in [0.29, 0.717) is 17.2 Å². The molecular formula is C18H12F4N4O2S. The minimum atomic E-state index is -1.47. The maximum atomic E-state index is 13.8. The Balaban J connectivity index is 1.43. The van der Waals surface area contributed by atoms with Crippen LogP contribution in [0, 0.1) is 23.3 Å². The van der Waals surface area contributed by atoms with E-state index < -0.39 is 35.4 Å². The van der Waals surface area contributed by atoms with Gasteiger partial charge in [0.15, 0.2) is 45.7 Å². The molecule has 0 atom stereocenters. The van der Waals surface area contributed by atoms with Crippen LogP contribution in [0.2, 0.25) is 0 Å². The molecule has 0 fully saturated rings. The van der Waals surface area contributed by atoms with Crippen molar-refractivity contribution in [1.29, 1.82) is 0 Å². The monoisotopic (exact) mass is 424 g/mol. The number of halogens is 4. The second kappa shape index (κ2) is 7.59. The molecule has 0 bridgehead atoms. The number of ether oxygens (including phenoxy) is 2. The molecule has 1 aliphatic rings. The van der Waals surface area contributed by atoms with Crippen molar-refractivity contribution >= 4 is 28.8 Å². The maximum absolute atomic E-state index is 13.8. The summed E-state index contributed by atoms with van der Waals surface area (Å²) >= 11 is 5.20. The molecule has 2 heterocycles. The molecule has 0 radical (unpaired) electrons. The maximum Gasteiger partial charge on any atom is 0.231 e. The van der Waals surface area contributed by atoms with Crippen LogP contribution in [0.25, 0.3) is 0 Å². The summed E-state index contributed by atoms with van der Waals surface area (Å²) in [4.78, 5) is 0. The highest BCUT2D eigenvalue weighted by Crippen LogP contribution is 2.34. The number of hydrogen-bond donors (Lipinski definition) is 2. The fourth-order valence-corrected chi connectivity index (χ4v) is 2.92. The summed E-state index contributed by atoms with van der Waals surface area (Å²) < 4.78 is 65.9. The Morgan fingerprint density at radius 2 is 1.72 bits per heavy atom. The summed E-state index contributed by atoms with van der Waals surface area (Å²) in [7, 11) is 0. The minimum Gasteiger partial charge on any atom is -0.454 e. The van der Waals surface area contributed by atoms with E-state index in [0.717, 1.165) is 4.68 Å². The van der Waals surface area contributed by atoms with Gasteiger partial charge in [-0.25, -0.2) is 17.6 Å². The van der Waals surface area contributed by atoms with Crippen molar-refractivity contribution in [3.05, 3.63) is 65.4 Å². The van der Waals surface area contributed by atoms with Crippen LogP contribution in [0.15, 0.2) is 36.5 Å². The first-order chi connectivity index (χ1) is 13.9. The SMILES string of the molecule is Fc1cc(F)c(F)c(Cn2ccc(NC(=S)Nc3ccc4c(c3)OCO4)n2)c1F. The van der Waals surface area contributed by atoms with E-state index in [1.54, 1.807) is 18.2 Å². The number of nitrogens with zero attached hydrogens (tertiary/aromatic N) is 2. The van der Waals surface area contributed by atoms with Gasteiger partial charge < -0.3 is 20.1 Å². The summed E-state index contributed by atoms with van der Waals surface area (Å²) in [6, 6.07) is 6.82. The Morgan fingerprint density at radius 1 is 1.00 bits per heavy atom.